The van der Waals surface area contributed by atoms with Gasteiger partial charge in [-0.05, 0) is 30.7 Å². The number of hydrogen-bond donors (Lipinski definition) is 2. The molecule has 1 aromatic rings. The van der Waals surface area contributed by atoms with E-state index in [2.05, 4.69) is 5.43 Å². The van der Waals surface area contributed by atoms with Crippen molar-refractivity contribution in [2.75, 3.05) is 5.75 Å². The second kappa shape index (κ2) is 8.05. The molecule has 0 aromatic heterocycles. The van der Waals surface area contributed by atoms with E-state index in [1.807, 2.05) is 0 Å². The highest BCUT2D eigenvalue weighted by Crippen LogP contribution is 2.23. The minimum absolute atomic E-state index is 0.174. The summed E-state index contributed by atoms with van der Waals surface area (Å²) >= 11 is 1.35. The summed E-state index contributed by atoms with van der Waals surface area (Å²) in [5.74, 6) is 4.42. The van der Waals surface area contributed by atoms with Crippen molar-refractivity contribution in [1.82, 2.24) is 5.43 Å². The average molecular weight is 274 g/mol. The molecule has 0 unspecified atom stereocenters. The second-order valence-electron chi connectivity index (χ2n) is 3.80. The number of rotatable bonds is 7. The van der Waals surface area contributed by atoms with Gasteiger partial charge < -0.3 is 0 Å². The lowest BCUT2D eigenvalue weighted by Crippen LogP contribution is -2.29. The molecule has 0 bridgehead atoms. The molecule has 0 aliphatic rings. The number of amides is 1. The van der Waals surface area contributed by atoms with Crippen LogP contribution < -0.4 is 11.3 Å². The number of benzene rings is 1. The average Bonchev–Trinajstić information content (AvgIpc) is 2.35. The van der Waals surface area contributed by atoms with Crippen LogP contribution in [0.2, 0.25) is 0 Å². The van der Waals surface area contributed by atoms with E-state index in [1.165, 1.54) is 23.9 Å². The Balaban J connectivity index is 2.16. The van der Waals surface area contributed by atoms with Crippen LogP contribution >= 0.6 is 11.8 Å². The number of hydrogen-bond acceptors (Lipinski definition) is 3. The third-order valence-electron chi connectivity index (χ3n) is 2.36. The van der Waals surface area contributed by atoms with Gasteiger partial charge in [0.2, 0.25) is 5.91 Å². The Hall–Kier alpha value is -1.14. The van der Waals surface area contributed by atoms with Gasteiger partial charge in [-0.25, -0.2) is 14.6 Å². The minimum atomic E-state index is -0.565. The van der Waals surface area contributed by atoms with Crippen LogP contribution in [0.25, 0.3) is 0 Å². The molecule has 0 saturated carbocycles. The third-order valence-corrected chi connectivity index (χ3v) is 3.50. The van der Waals surface area contributed by atoms with Gasteiger partial charge in [0.1, 0.15) is 11.6 Å². The molecular weight excluding hydrogens is 258 g/mol. The predicted molar refractivity (Wildman–Crippen MR) is 67.9 cm³/mol. The number of halogens is 2. The molecular formula is C12H16F2N2OS. The fraction of sp³-hybridized carbons (Fsp3) is 0.417. The molecule has 0 aliphatic heterocycles. The SMILES string of the molecule is NNC(=O)CCCCCSc1ccc(F)cc1F. The summed E-state index contributed by atoms with van der Waals surface area (Å²) in [4.78, 5) is 11.3. The van der Waals surface area contributed by atoms with Gasteiger partial charge in [0, 0.05) is 17.4 Å². The van der Waals surface area contributed by atoms with Crippen molar-refractivity contribution < 1.29 is 13.6 Å². The molecule has 3 nitrogen and oxygen atoms in total. The lowest BCUT2D eigenvalue weighted by Gasteiger charge is -2.03. The molecule has 100 valence electrons. The summed E-state index contributed by atoms with van der Waals surface area (Å²) in [6.07, 6.45) is 2.92. The van der Waals surface area contributed by atoms with E-state index in [0.29, 0.717) is 11.3 Å². The smallest absolute Gasteiger partial charge is 0.233 e. The first-order valence-corrected chi connectivity index (χ1v) is 6.69. The largest absolute Gasteiger partial charge is 0.294 e. The zero-order valence-corrected chi connectivity index (χ0v) is 10.7. The summed E-state index contributed by atoms with van der Waals surface area (Å²) in [5.41, 5.74) is 2.07. The number of hydrazine groups is 1. The minimum Gasteiger partial charge on any atom is -0.294 e. The molecule has 0 atom stereocenters. The van der Waals surface area contributed by atoms with Gasteiger partial charge in [-0.1, -0.05) is 6.42 Å². The van der Waals surface area contributed by atoms with Gasteiger partial charge in [0.15, 0.2) is 0 Å². The number of unbranched alkanes of at least 4 members (excludes halogenated alkanes) is 2. The first-order chi connectivity index (χ1) is 8.63. The number of carbonyl (C=O) groups excluding carboxylic acids is 1. The monoisotopic (exact) mass is 274 g/mol. The summed E-state index contributed by atoms with van der Waals surface area (Å²) in [6.45, 7) is 0. The van der Waals surface area contributed by atoms with Gasteiger partial charge in [-0.15, -0.1) is 11.8 Å². The van der Waals surface area contributed by atoms with Crippen LogP contribution in [0.3, 0.4) is 0 Å². The van der Waals surface area contributed by atoms with Gasteiger partial charge in [-0.2, -0.15) is 0 Å². The van der Waals surface area contributed by atoms with E-state index in [0.717, 1.165) is 31.1 Å². The van der Waals surface area contributed by atoms with Crippen LogP contribution in [0.15, 0.2) is 23.1 Å². The van der Waals surface area contributed by atoms with Crippen LogP contribution in [-0.4, -0.2) is 11.7 Å². The van der Waals surface area contributed by atoms with E-state index in [4.69, 9.17) is 5.84 Å². The molecule has 0 radical (unpaired) electrons. The summed E-state index contributed by atoms with van der Waals surface area (Å²) < 4.78 is 25.9. The quantitative estimate of drug-likeness (QED) is 0.264. The highest BCUT2D eigenvalue weighted by Gasteiger charge is 2.04. The highest BCUT2D eigenvalue weighted by molar-refractivity contribution is 7.99. The normalized spacial score (nSPS) is 10.4. The maximum atomic E-state index is 13.2. The summed E-state index contributed by atoms with van der Waals surface area (Å²) in [5, 5.41) is 0. The molecule has 1 amide bonds. The molecule has 0 aliphatic carbocycles. The van der Waals surface area contributed by atoms with E-state index in [9.17, 15) is 13.6 Å². The van der Waals surface area contributed by atoms with E-state index < -0.39 is 11.6 Å². The van der Waals surface area contributed by atoms with Crippen LogP contribution in [0, 0.1) is 11.6 Å². The standard InChI is InChI=1S/C12H16F2N2OS/c13-9-5-6-11(10(14)8-9)18-7-3-1-2-4-12(17)16-15/h5-6,8H,1-4,7,15H2,(H,16,17). The summed E-state index contributed by atoms with van der Waals surface area (Å²) in [6, 6.07) is 3.57. The van der Waals surface area contributed by atoms with E-state index in [1.54, 1.807) is 0 Å². The van der Waals surface area contributed by atoms with Gasteiger partial charge >= 0.3 is 0 Å². The zero-order valence-electron chi connectivity index (χ0n) is 9.92. The number of nitrogens with one attached hydrogen (secondary N) is 1. The molecule has 6 heteroatoms. The van der Waals surface area contributed by atoms with Crippen molar-refractivity contribution in [3.05, 3.63) is 29.8 Å². The van der Waals surface area contributed by atoms with Crippen molar-refractivity contribution in [3.63, 3.8) is 0 Å². The Morgan fingerprint density at radius 3 is 2.72 bits per heavy atom. The third kappa shape index (κ3) is 5.46. The first-order valence-electron chi connectivity index (χ1n) is 5.71. The van der Waals surface area contributed by atoms with Crippen LogP contribution in [0.5, 0.6) is 0 Å². The number of carbonyl (C=O) groups is 1. The van der Waals surface area contributed by atoms with Gasteiger partial charge in [0.25, 0.3) is 0 Å². The molecule has 0 saturated heterocycles. The highest BCUT2D eigenvalue weighted by atomic mass is 32.2. The summed E-state index contributed by atoms with van der Waals surface area (Å²) in [7, 11) is 0. The van der Waals surface area contributed by atoms with Crippen LogP contribution in [0.1, 0.15) is 25.7 Å². The Morgan fingerprint density at radius 1 is 1.28 bits per heavy atom. The lowest BCUT2D eigenvalue weighted by molar-refractivity contribution is -0.121. The van der Waals surface area contributed by atoms with Gasteiger partial charge in [0.05, 0.1) is 0 Å². The molecule has 0 heterocycles. The molecule has 18 heavy (non-hydrogen) atoms. The van der Waals surface area contributed by atoms with Crippen LogP contribution in [-0.2, 0) is 4.79 Å². The topological polar surface area (TPSA) is 55.1 Å². The fourth-order valence-corrected chi connectivity index (χ4v) is 2.34. The predicted octanol–water partition coefficient (Wildman–Crippen LogP) is 2.61. The molecule has 1 rings (SSSR count). The first kappa shape index (κ1) is 14.9. The number of thioether (sulfide) groups is 1. The van der Waals surface area contributed by atoms with Crippen molar-refractivity contribution in [3.8, 4) is 0 Å². The Kier molecular flexibility index (Phi) is 6.67. The maximum absolute atomic E-state index is 13.2. The zero-order chi connectivity index (χ0) is 13.4. The van der Waals surface area contributed by atoms with E-state index in [-0.39, 0.29) is 5.91 Å². The molecule has 0 spiro atoms. The molecule has 0 fully saturated rings. The number of nitrogens with two attached hydrogens (primary N) is 1. The Bertz CT molecular complexity index is 402. The molecule has 3 N–H and O–H groups in total. The van der Waals surface area contributed by atoms with E-state index >= 15 is 0 Å². The van der Waals surface area contributed by atoms with Crippen molar-refractivity contribution >= 4 is 17.7 Å². The van der Waals surface area contributed by atoms with Crippen LogP contribution in [0.4, 0.5) is 8.78 Å². The van der Waals surface area contributed by atoms with Crippen molar-refractivity contribution in [2.24, 2.45) is 5.84 Å². The lowest BCUT2D eigenvalue weighted by atomic mass is 10.2. The fourth-order valence-electron chi connectivity index (χ4n) is 1.41. The Morgan fingerprint density at radius 2 is 2.06 bits per heavy atom. The molecule has 1 aromatic carbocycles. The maximum Gasteiger partial charge on any atom is 0.233 e. The Labute approximate surface area is 109 Å². The van der Waals surface area contributed by atoms with Crippen molar-refractivity contribution in [2.45, 2.75) is 30.6 Å². The van der Waals surface area contributed by atoms with Crippen molar-refractivity contribution in [1.29, 1.82) is 0 Å². The second-order valence-corrected chi connectivity index (χ2v) is 4.94. The van der Waals surface area contributed by atoms with Gasteiger partial charge in [-0.3, -0.25) is 10.2 Å².